The molecule has 0 amide bonds. The summed E-state index contributed by atoms with van der Waals surface area (Å²) in [6.45, 7) is 0. The van der Waals surface area contributed by atoms with Crippen LogP contribution in [0.15, 0.2) is 58.0 Å². The van der Waals surface area contributed by atoms with Gasteiger partial charge in [-0.05, 0) is 67.3 Å². The minimum atomic E-state index is -4.15. The Morgan fingerprint density at radius 2 is 1.70 bits per heavy atom. The molecule has 0 aliphatic rings. The van der Waals surface area contributed by atoms with Crippen LogP contribution in [0.2, 0.25) is 0 Å². The van der Waals surface area contributed by atoms with E-state index < -0.39 is 16.3 Å². The molecule has 1 unspecified atom stereocenters. The number of hydrogen-bond acceptors (Lipinski definition) is 10. The van der Waals surface area contributed by atoms with Crippen LogP contribution in [-0.4, -0.2) is 23.2 Å². The first kappa shape index (κ1) is 23.0. The van der Waals surface area contributed by atoms with Crippen LogP contribution in [0.5, 0.6) is 11.5 Å². The normalized spacial score (nSPS) is 12.5. The first-order valence-corrected chi connectivity index (χ1v) is 11.5. The van der Waals surface area contributed by atoms with Gasteiger partial charge in [-0.25, -0.2) is 9.67 Å². The van der Waals surface area contributed by atoms with Gasteiger partial charge in [0, 0.05) is 0 Å². The van der Waals surface area contributed by atoms with Crippen molar-refractivity contribution in [2.75, 3.05) is 0 Å². The summed E-state index contributed by atoms with van der Waals surface area (Å²) in [4.78, 5) is 7.98. The zero-order valence-electron chi connectivity index (χ0n) is 14.7. The largest absolute Gasteiger partial charge is 0.397 e. The van der Waals surface area contributed by atoms with Crippen molar-refractivity contribution >= 4 is 54.5 Å². The number of halogens is 2. The molecule has 160 valence electrons. The smallest absolute Gasteiger partial charge is 0.380 e. The average molecular weight is 583 g/mol. The highest BCUT2D eigenvalue weighted by atomic mass is 79.9. The Morgan fingerprint density at radius 1 is 1.07 bits per heavy atom. The Labute approximate surface area is 192 Å². The van der Waals surface area contributed by atoms with E-state index in [0.717, 1.165) is 11.1 Å². The molecule has 0 aliphatic carbocycles. The Kier molecular flexibility index (Phi) is 7.70. The Bertz CT molecular complexity index is 1120. The van der Waals surface area contributed by atoms with E-state index in [4.69, 9.17) is 19.4 Å². The highest BCUT2D eigenvalue weighted by molar-refractivity contribution is 9.11. The van der Waals surface area contributed by atoms with Crippen molar-refractivity contribution in [2.45, 2.75) is 6.04 Å². The number of rotatable bonds is 9. The van der Waals surface area contributed by atoms with Crippen molar-refractivity contribution in [3.05, 3.63) is 69.1 Å². The van der Waals surface area contributed by atoms with Gasteiger partial charge in [-0.3, -0.25) is 0 Å². The first-order chi connectivity index (χ1) is 14.3. The van der Waals surface area contributed by atoms with Crippen molar-refractivity contribution in [1.82, 2.24) is 14.8 Å². The van der Waals surface area contributed by atoms with E-state index in [0.29, 0.717) is 27.0 Å². The lowest BCUT2D eigenvalue weighted by Crippen LogP contribution is -2.19. The summed E-state index contributed by atoms with van der Waals surface area (Å²) in [5.41, 5.74) is 1.59. The average Bonchev–Trinajstić information content (AvgIpc) is 3.19. The molecule has 0 saturated heterocycles. The number of benzene rings is 2. The summed E-state index contributed by atoms with van der Waals surface area (Å²) in [7, 11) is -4.15. The SMILES string of the molecule is NOOSOc1ccc(C(c2ccc(OS(N)(=O)=O)c(Br)c2)n2cncn2)cc1Br. The van der Waals surface area contributed by atoms with E-state index in [1.807, 2.05) is 12.1 Å². The lowest BCUT2D eigenvalue weighted by atomic mass is 9.98. The number of nitrogens with two attached hydrogens (primary N) is 2. The molecule has 11 nitrogen and oxygen atoms in total. The molecule has 0 radical (unpaired) electrons. The van der Waals surface area contributed by atoms with Crippen LogP contribution in [0, 0.1) is 0 Å². The summed E-state index contributed by atoms with van der Waals surface area (Å²) in [5.74, 6) is 5.29. The fourth-order valence-corrected chi connectivity index (χ4v) is 4.39. The van der Waals surface area contributed by atoms with Crippen molar-refractivity contribution in [1.29, 1.82) is 0 Å². The van der Waals surface area contributed by atoms with Gasteiger partial charge in [0.05, 0.1) is 8.95 Å². The lowest BCUT2D eigenvalue weighted by Gasteiger charge is -2.20. The summed E-state index contributed by atoms with van der Waals surface area (Å²) in [6.07, 6.45) is 2.97. The lowest BCUT2D eigenvalue weighted by molar-refractivity contribution is -0.199. The van der Waals surface area contributed by atoms with Crippen molar-refractivity contribution in [3.63, 3.8) is 0 Å². The van der Waals surface area contributed by atoms with Crippen LogP contribution in [0.1, 0.15) is 17.2 Å². The third-order valence-electron chi connectivity index (χ3n) is 3.64. The minimum Gasteiger partial charge on any atom is -0.397 e. The zero-order valence-corrected chi connectivity index (χ0v) is 19.5. The van der Waals surface area contributed by atoms with Gasteiger partial charge in [0.15, 0.2) is 11.5 Å². The predicted octanol–water partition coefficient (Wildman–Crippen LogP) is 2.79. The second-order valence-electron chi connectivity index (χ2n) is 5.55. The second kappa shape index (κ2) is 10.1. The van der Waals surface area contributed by atoms with Gasteiger partial charge < -0.3 is 8.37 Å². The maximum Gasteiger partial charge on any atom is 0.380 e. The molecule has 1 atom stereocenters. The Balaban J connectivity index is 1.97. The maximum atomic E-state index is 11.2. The molecule has 1 aromatic heterocycles. The van der Waals surface area contributed by atoms with Crippen molar-refractivity contribution < 1.29 is 26.1 Å². The molecule has 4 N–H and O–H groups in total. The van der Waals surface area contributed by atoms with Gasteiger partial charge in [-0.2, -0.15) is 24.6 Å². The summed E-state index contributed by atoms with van der Waals surface area (Å²) in [6, 6.07) is 9.85. The second-order valence-corrected chi connectivity index (χ2v) is 8.85. The number of hydrogen-bond donors (Lipinski definition) is 2. The van der Waals surface area contributed by atoms with Gasteiger partial charge in [-0.15, -0.1) is 9.32 Å². The fraction of sp³-hybridized carbons (Fsp3) is 0.0667. The maximum absolute atomic E-state index is 11.2. The topological polar surface area (TPSA) is 154 Å². The molecule has 3 aromatic rings. The predicted molar refractivity (Wildman–Crippen MR) is 114 cm³/mol. The van der Waals surface area contributed by atoms with Gasteiger partial charge in [-0.1, -0.05) is 12.1 Å². The van der Waals surface area contributed by atoms with E-state index in [2.05, 4.69) is 51.3 Å². The molecule has 0 spiro atoms. The van der Waals surface area contributed by atoms with Crippen molar-refractivity contribution in [3.8, 4) is 11.5 Å². The molecule has 1 heterocycles. The van der Waals surface area contributed by atoms with Crippen LogP contribution in [0.4, 0.5) is 0 Å². The van der Waals surface area contributed by atoms with Gasteiger partial charge in [0.1, 0.15) is 18.7 Å². The number of nitrogens with zero attached hydrogens (tertiary/aromatic N) is 3. The summed E-state index contributed by atoms with van der Waals surface area (Å²) >= 11 is 7.30. The van der Waals surface area contributed by atoms with Crippen LogP contribution in [0.3, 0.4) is 0 Å². The highest BCUT2D eigenvalue weighted by Crippen LogP contribution is 2.36. The monoisotopic (exact) mass is 581 g/mol. The van der Waals surface area contributed by atoms with Crippen LogP contribution >= 0.6 is 44.2 Å². The van der Waals surface area contributed by atoms with Crippen LogP contribution in [0.25, 0.3) is 0 Å². The minimum absolute atomic E-state index is 0.0580. The third-order valence-corrected chi connectivity index (χ3v) is 5.67. The van der Waals surface area contributed by atoms with E-state index in [-0.39, 0.29) is 5.75 Å². The summed E-state index contributed by atoms with van der Waals surface area (Å²) in [5, 5.41) is 9.18. The van der Waals surface area contributed by atoms with E-state index in [1.165, 1.54) is 12.4 Å². The standard InChI is InChI=1S/C15H13Br2N5O6S2/c16-11-5-9(1-3-13(11)25-29-28-27-18)15(22-8-20-7-21-22)10-2-4-14(12(17)6-10)26-30(19,23)24/h1-8,15H,18H2,(H2,19,23,24). The molecule has 0 fully saturated rings. The van der Waals surface area contributed by atoms with Crippen LogP contribution < -0.4 is 19.4 Å². The van der Waals surface area contributed by atoms with E-state index in [1.54, 1.807) is 29.2 Å². The molecule has 2 aromatic carbocycles. The van der Waals surface area contributed by atoms with Crippen LogP contribution in [-0.2, 0) is 19.6 Å². The highest BCUT2D eigenvalue weighted by Gasteiger charge is 2.21. The quantitative estimate of drug-likeness (QED) is 0.166. The molecule has 30 heavy (non-hydrogen) atoms. The zero-order chi connectivity index (χ0) is 21.7. The van der Waals surface area contributed by atoms with E-state index >= 15 is 0 Å². The van der Waals surface area contributed by atoms with Gasteiger partial charge in [0.25, 0.3) is 12.3 Å². The van der Waals surface area contributed by atoms with Crippen molar-refractivity contribution in [2.24, 2.45) is 11.0 Å². The number of aromatic nitrogens is 3. The summed E-state index contributed by atoms with van der Waals surface area (Å²) < 4.78 is 39.6. The Hall–Kier alpha value is -1.72. The molecule has 0 aliphatic heterocycles. The molecule has 15 heteroatoms. The fourth-order valence-electron chi connectivity index (χ4n) is 2.55. The third kappa shape index (κ3) is 5.92. The van der Waals surface area contributed by atoms with E-state index in [9.17, 15) is 8.42 Å². The molecule has 3 rings (SSSR count). The molecule has 0 bridgehead atoms. The molecule has 0 saturated carbocycles. The molecular formula is C15H13Br2N5O6S2. The van der Waals surface area contributed by atoms with Gasteiger partial charge >= 0.3 is 10.3 Å². The Morgan fingerprint density at radius 3 is 2.20 bits per heavy atom. The van der Waals surface area contributed by atoms with Gasteiger partial charge in [0.2, 0.25) is 0 Å². The first-order valence-electron chi connectivity index (χ1n) is 7.80. The molecular weight excluding hydrogens is 570 g/mol.